The molecule has 1 atom stereocenters. The van der Waals surface area contributed by atoms with Crippen molar-refractivity contribution in [3.8, 4) is 11.3 Å². The molecule has 24 heavy (non-hydrogen) atoms. The van der Waals surface area contributed by atoms with Crippen LogP contribution in [0.5, 0.6) is 0 Å². The summed E-state index contributed by atoms with van der Waals surface area (Å²) in [6.45, 7) is 3.02. The number of para-hydroxylation sites is 1. The molecule has 0 radical (unpaired) electrons. The van der Waals surface area contributed by atoms with Crippen molar-refractivity contribution in [2.24, 2.45) is 7.05 Å². The monoisotopic (exact) mass is 318 g/mol. The summed E-state index contributed by atoms with van der Waals surface area (Å²) in [6, 6.07) is 19.1. The zero-order chi connectivity index (χ0) is 16.7. The number of benzene rings is 2. The molecule has 0 N–H and O–H groups in total. The van der Waals surface area contributed by atoms with Gasteiger partial charge in [0.25, 0.3) is 0 Å². The van der Waals surface area contributed by atoms with E-state index in [4.69, 9.17) is 0 Å². The van der Waals surface area contributed by atoms with Gasteiger partial charge in [0, 0.05) is 36.5 Å². The fourth-order valence-electron chi connectivity index (χ4n) is 4.03. The topological polar surface area (TPSA) is 25.2 Å². The number of likely N-dealkylation sites (tertiary alicyclic amines) is 1. The molecule has 1 aliphatic rings. The fraction of sp³-hybridized carbons (Fsp3) is 0.286. The molecule has 1 amide bonds. The summed E-state index contributed by atoms with van der Waals surface area (Å²) in [5, 5.41) is 1.24. The molecule has 1 fully saturated rings. The summed E-state index contributed by atoms with van der Waals surface area (Å²) >= 11 is 0. The fourth-order valence-corrected chi connectivity index (χ4v) is 4.03. The molecule has 0 spiro atoms. The van der Waals surface area contributed by atoms with Crippen LogP contribution in [0.25, 0.3) is 22.2 Å². The van der Waals surface area contributed by atoms with E-state index >= 15 is 0 Å². The maximum absolute atomic E-state index is 12.3. The SMILES string of the molecule is CC(c1c(-c2ccccc2)n(C)c2ccccc12)N1CCCC1=O. The Balaban J connectivity index is 1.97. The molecule has 3 aromatic rings. The minimum Gasteiger partial charge on any atom is -0.343 e. The van der Waals surface area contributed by atoms with E-state index in [1.54, 1.807) is 0 Å². The number of aryl methyl sites for hydroxylation is 1. The van der Waals surface area contributed by atoms with Gasteiger partial charge in [0.15, 0.2) is 0 Å². The van der Waals surface area contributed by atoms with Crippen molar-refractivity contribution in [1.82, 2.24) is 9.47 Å². The van der Waals surface area contributed by atoms with E-state index in [0.717, 1.165) is 13.0 Å². The minimum absolute atomic E-state index is 0.0845. The summed E-state index contributed by atoms with van der Waals surface area (Å²) in [7, 11) is 2.12. The Bertz CT molecular complexity index is 895. The predicted octanol–water partition coefficient (Wildman–Crippen LogP) is 4.53. The van der Waals surface area contributed by atoms with Crippen molar-refractivity contribution in [3.63, 3.8) is 0 Å². The maximum atomic E-state index is 12.3. The van der Waals surface area contributed by atoms with Crippen LogP contribution < -0.4 is 0 Å². The minimum atomic E-state index is 0.0845. The van der Waals surface area contributed by atoms with Gasteiger partial charge in [-0.3, -0.25) is 4.79 Å². The molecule has 3 nitrogen and oxygen atoms in total. The van der Waals surface area contributed by atoms with Gasteiger partial charge in [0.05, 0.1) is 11.7 Å². The second-order valence-corrected chi connectivity index (χ2v) is 6.57. The molecule has 1 unspecified atom stereocenters. The van der Waals surface area contributed by atoms with E-state index in [0.29, 0.717) is 6.42 Å². The van der Waals surface area contributed by atoms with Gasteiger partial charge in [-0.2, -0.15) is 0 Å². The molecule has 3 heteroatoms. The number of rotatable bonds is 3. The summed E-state index contributed by atoms with van der Waals surface area (Å²) in [5.41, 5.74) is 4.88. The lowest BCUT2D eigenvalue weighted by atomic mass is 9.99. The average Bonchev–Trinajstić information content (AvgIpc) is 3.17. The first-order valence-electron chi connectivity index (χ1n) is 8.60. The van der Waals surface area contributed by atoms with Crippen LogP contribution in [0.15, 0.2) is 54.6 Å². The van der Waals surface area contributed by atoms with Crippen molar-refractivity contribution in [1.29, 1.82) is 0 Å². The molecule has 2 heterocycles. The van der Waals surface area contributed by atoms with Crippen LogP contribution in [0.4, 0.5) is 0 Å². The standard InChI is InChI=1S/C21H22N2O/c1-15(23-14-8-13-19(23)24)20-17-11-6-7-12-18(17)22(2)21(20)16-9-4-3-5-10-16/h3-7,9-12,15H,8,13-14H2,1-2H3. The van der Waals surface area contributed by atoms with E-state index in [1.165, 1.54) is 27.7 Å². The number of carbonyl (C=O) groups is 1. The Hall–Kier alpha value is -2.55. The van der Waals surface area contributed by atoms with Gasteiger partial charge < -0.3 is 9.47 Å². The number of hydrogen-bond donors (Lipinski definition) is 0. The first kappa shape index (κ1) is 15.0. The molecule has 2 aromatic carbocycles. The van der Waals surface area contributed by atoms with E-state index in [-0.39, 0.29) is 11.9 Å². The van der Waals surface area contributed by atoms with Crippen LogP contribution in [0.1, 0.15) is 31.4 Å². The third-order valence-electron chi connectivity index (χ3n) is 5.19. The molecule has 0 saturated carbocycles. The van der Waals surface area contributed by atoms with Crippen LogP contribution in [0.3, 0.4) is 0 Å². The van der Waals surface area contributed by atoms with Crippen molar-refractivity contribution in [2.75, 3.05) is 6.54 Å². The summed E-state index contributed by atoms with van der Waals surface area (Å²) in [4.78, 5) is 14.3. The normalized spacial score (nSPS) is 16.1. The van der Waals surface area contributed by atoms with Crippen molar-refractivity contribution >= 4 is 16.8 Å². The van der Waals surface area contributed by atoms with Crippen molar-refractivity contribution in [3.05, 3.63) is 60.2 Å². The Morgan fingerprint density at radius 1 is 1.00 bits per heavy atom. The Kier molecular flexibility index (Phi) is 3.64. The highest BCUT2D eigenvalue weighted by Gasteiger charge is 2.30. The summed E-state index contributed by atoms with van der Waals surface area (Å²) < 4.78 is 2.26. The number of amides is 1. The van der Waals surface area contributed by atoms with Crippen LogP contribution in [-0.4, -0.2) is 21.9 Å². The van der Waals surface area contributed by atoms with Crippen LogP contribution >= 0.6 is 0 Å². The summed E-state index contributed by atoms with van der Waals surface area (Å²) in [5.74, 6) is 0.273. The smallest absolute Gasteiger partial charge is 0.223 e. The first-order valence-corrected chi connectivity index (χ1v) is 8.60. The zero-order valence-electron chi connectivity index (χ0n) is 14.2. The van der Waals surface area contributed by atoms with Gasteiger partial charge >= 0.3 is 0 Å². The second-order valence-electron chi connectivity index (χ2n) is 6.57. The highest BCUT2D eigenvalue weighted by Crippen LogP contribution is 2.40. The molecule has 0 bridgehead atoms. The lowest BCUT2D eigenvalue weighted by molar-refractivity contribution is -0.129. The molecular formula is C21H22N2O. The number of hydrogen-bond acceptors (Lipinski definition) is 1. The van der Waals surface area contributed by atoms with Crippen LogP contribution in [0.2, 0.25) is 0 Å². The van der Waals surface area contributed by atoms with Crippen molar-refractivity contribution < 1.29 is 4.79 Å². The van der Waals surface area contributed by atoms with E-state index < -0.39 is 0 Å². The Labute approximate surface area is 142 Å². The highest BCUT2D eigenvalue weighted by atomic mass is 16.2. The van der Waals surface area contributed by atoms with Gasteiger partial charge in [-0.15, -0.1) is 0 Å². The van der Waals surface area contributed by atoms with Gasteiger partial charge in [-0.1, -0.05) is 48.5 Å². The van der Waals surface area contributed by atoms with Crippen LogP contribution in [-0.2, 0) is 11.8 Å². The van der Waals surface area contributed by atoms with E-state index in [9.17, 15) is 4.79 Å². The van der Waals surface area contributed by atoms with Crippen LogP contribution in [0, 0.1) is 0 Å². The molecule has 4 rings (SSSR count). The Morgan fingerprint density at radius 3 is 2.42 bits per heavy atom. The predicted molar refractivity (Wildman–Crippen MR) is 97.7 cm³/mol. The van der Waals surface area contributed by atoms with Crippen molar-refractivity contribution in [2.45, 2.75) is 25.8 Å². The number of fused-ring (bicyclic) bond motifs is 1. The third kappa shape index (κ3) is 2.23. The van der Waals surface area contributed by atoms with Gasteiger partial charge in [0.1, 0.15) is 0 Å². The molecule has 122 valence electrons. The van der Waals surface area contributed by atoms with Gasteiger partial charge in [-0.25, -0.2) is 0 Å². The first-order chi connectivity index (χ1) is 11.7. The molecule has 1 saturated heterocycles. The highest BCUT2D eigenvalue weighted by molar-refractivity contribution is 5.93. The molecule has 0 aliphatic carbocycles. The lowest BCUT2D eigenvalue weighted by Crippen LogP contribution is -2.28. The van der Waals surface area contributed by atoms with E-state index in [1.807, 2.05) is 11.0 Å². The second kappa shape index (κ2) is 5.82. The number of carbonyl (C=O) groups excluding carboxylic acids is 1. The molecular weight excluding hydrogens is 296 g/mol. The summed E-state index contributed by atoms with van der Waals surface area (Å²) in [6.07, 6.45) is 1.64. The lowest BCUT2D eigenvalue weighted by Gasteiger charge is -2.25. The molecule has 1 aliphatic heterocycles. The maximum Gasteiger partial charge on any atom is 0.223 e. The molecule has 1 aromatic heterocycles. The number of nitrogens with zero attached hydrogens (tertiary/aromatic N) is 2. The number of aromatic nitrogens is 1. The van der Waals surface area contributed by atoms with Gasteiger partial charge in [-0.05, 0) is 25.0 Å². The Morgan fingerprint density at radius 2 is 1.71 bits per heavy atom. The zero-order valence-corrected chi connectivity index (χ0v) is 14.2. The third-order valence-corrected chi connectivity index (χ3v) is 5.19. The largest absolute Gasteiger partial charge is 0.343 e. The average molecular weight is 318 g/mol. The quantitative estimate of drug-likeness (QED) is 0.696. The van der Waals surface area contributed by atoms with E-state index in [2.05, 4.69) is 67.1 Å². The van der Waals surface area contributed by atoms with Gasteiger partial charge in [0.2, 0.25) is 5.91 Å².